The summed E-state index contributed by atoms with van der Waals surface area (Å²) in [6.45, 7) is 3.74. The zero-order valence-corrected chi connectivity index (χ0v) is 5.19. The molecule has 0 radical (unpaired) electrons. The molecule has 52 valence electrons. The summed E-state index contributed by atoms with van der Waals surface area (Å²) in [6.07, 6.45) is 1.52. The van der Waals surface area contributed by atoms with Crippen molar-refractivity contribution in [1.29, 1.82) is 0 Å². The molecular weight excluding hydrogens is 122 g/mol. The molecule has 0 rings (SSSR count). The lowest BCUT2D eigenvalue weighted by molar-refractivity contribution is -0.702. The molecule has 0 aliphatic carbocycles. The van der Waals surface area contributed by atoms with E-state index in [4.69, 9.17) is 5.21 Å². The van der Waals surface area contributed by atoms with E-state index in [0.29, 0.717) is 6.54 Å². The second-order valence-corrected chi connectivity index (χ2v) is 1.47. The molecule has 0 heterocycles. The van der Waals surface area contributed by atoms with E-state index in [9.17, 15) is 5.21 Å². The van der Waals surface area contributed by atoms with Crippen molar-refractivity contribution in [1.82, 2.24) is 5.01 Å². The van der Waals surface area contributed by atoms with E-state index in [1.165, 1.54) is 13.1 Å². The summed E-state index contributed by atoms with van der Waals surface area (Å²) in [5.41, 5.74) is 0. The van der Waals surface area contributed by atoms with Crippen LogP contribution in [0.15, 0.2) is 17.9 Å². The minimum Gasteiger partial charge on any atom is -0.569 e. The molecule has 0 aromatic heterocycles. The lowest BCUT2D eigenvalue weighted by atomic mass is 10.6. The zero-order chi connectivity index (χ0) is 7.28. The molecule has 0 aromatic rings. The first-order valence-corrected chi connectivity index (χ1v) is 2.36. The van der Waals surface area contributed by atoms with Crippen molar-refractivity contribution in [2.45, 2.75) is 0 Å². The fourth-order valence-electron chi connectivity index (χ4n) is 0.325. The fraction of sp³-hybridized carbons (Fsp3) is 0.500. The van der Waals surface area contributed by atoms with Crippen LogP contribution in [0, 0.1) is 5.21 Å². The summed E-state index contributed by atoms with van der Waals surface area (Å²) in [4.78, 5) is 0.0711. The molecule has 0 aromatic carbocycles. The van der Waals surface area contributed by atoms with Crippen molar-refractivity contribution in [3.8, 4) is 0 Å². The Labute approximate surface area is 53.0 Å². The Bertz CT molecular complexity index is 123. The van der Waals surface area contributed by atoms with Crippen molar-refractivity contribution in [3.63, 3.8) is 0 Å². The van der Waals surface area contributed by atoms with E-state index >= 15 is 0 Å². The van der Waals surface area contributed by atoms with Gasteiger partial charge in [-0.05, 0) is 0 Å². The molecule has 1 N–H and O–H groups in total. The summed E-state index contributed by atoms with van der Waals surface area (Å²) in [6, 6.07) is 0. The van der Waals surface area contributed by atoms with Gasteiger partial charge < -0.3 is 10.4 Å². The molecular formula is C4H9N3O2. The van der Waals surface area contributed by atoms with E-state index in [0.717, 1.165) is 5.01 Å². The van der Waals surface area contributed by atoms with E-state index < -0.39 is 0 Å². The molecule has 5 nitrogen and oxygen atoms in total. The standard InChI is InChI=1S/C4H9N3O2/c1-3-4-6(2)7(9)5-8/h3,8H,1,4H2,2H3. The molecule has 0 bridgehead atoms. The third-order valence-corrected chi connectivity index (χ3v) is 0.762. The second-order valence-electron chi connectivity index (χ2n) is 1.47. The maximum Gasteiger partial charge on any atom is 0.230 e. The van der Waals surface area contributed by atoms with Crippen LogP contribution in [0.25, 0.3) is 0 Å². The minimum absolute atomic E-state index is 0.0711. The van der Waals surface area contributed by atoms with E-state index in [1.807, 2.05) is 0 Å². The molecule has 0 atom stereocenters. The van der Waals surface area contributed by atoms with Gasteiger partial charge in [0.05, 0.1) is 18.6 Å². The molecule has 0 aliphatic rings. The summed E-state index contributed by atoms with van der Waals surface area (Å²) in [5.74, 6) is 0. The Morgan fingerprint density at radius 1 is 2.00 bits per heavy atom. The van der Waals surface area contributed by atoms with Gasteiger partial charge in [-0.2, -0.15) is 0 Å². The summed E-state index contributed by atoms with van der Waals surface area (Å²) in [5, 5.41) is 21.7. The van der Waals surface area contributed by atoms with Crippen LogP contribution in [0.3, 0.4) is 0 Å². The molecule has 9 heavy (non-hydrogen) atoms. The van der Waals surface area contributed by atoms with Gasteiger partial charge in [-0.3, -0.25) is 0 Å². The third-order valence-electron chi connectivity index (χ3n) is 0.762. The lowest BCUT2D eigenvalue weighted by Crippen LogP contribution is -2.25. The normalized spacial score (nSPS) is 11.0. The predicted octanol–water partition coefficient (Wildman–Crippen LogP) is 0.371. The third kappa shape index (κ3) is 2.53. The van der Waals surface area contributed by atoms with Crippen LogP contribution in [-0.2, 0) is 0 Å². The summed E-state index contributed by atoms with van der Waals surface area (Å²) in [7, 11) is 1.48. The van der Waals surface area contributed by atoms with Crippen LogP contribution in [0.4, 0.5) is 0 Å². The zero-order valence-electron chi connectivity index (χ0n) is 5.19. The number of hydrogen-bond donors (Lipinski definition) is 1. The van der Waals surface area contributed by atoms with Gasteiger partial charge in [-0.15, -0.1) is 11.6 Å². The molecule has 0 spiro atoms. The number of nitrogens with zero attached hydrogens (tertiary/aromatic N) is 3. The van der Waals surface area contributed by atoms with Crippen LogP contribution in [0.5, 0.6) is 0 Å². The number of hydrogen-bond acceptors (Lipinski definition) is 2. The molecule has 0 aliphatic heterocycles. The molecule has 0 fully saturated rings. The quantitative estimate of drug-likeness (QED) is 0.260. The van der Waals surface area contributed by atoms with Crippen LogP contribution >= 0.6 is 0 Å². The van der Waals surface area contributed by atoms with Gasteiger partial charge in [-0.25, -0.2) is 0 Å². The molecule has 0 unspecified atom stereocenters. The molecule has 5 heteroatoms. The first kappa shape index (κ1) is 7.74. The fourth-order valence-corrected chi connectivity index (χ4v) is 0.325. The lowest BCUT2D eigenvalue weighted by Gasteiger charge is -2.07. The number of likely N-dealkylation sites (N-methyl/N-ethyl adjacent to an activating group) is 1. The topological polar surface area (TPSA) is 61.9 Å². The predicted molar refractivity (Wildman–Crippen MR) is 30.7 cm³/mol. The average Bonchev–Trinajstić information content (AvgIpc) is 1.87. The largest absolute Gasteiger partial charge is 0.569 e. The summed E-state index contributed by atoms with van der Waals surface area (Å²) < 4.78 is 0. The van der Waals surface area contributed by atoms with E-state index in [2.05, 4.69) is 11.9 Å². The van der Waals surface area contributed by atoms with Crippen LogP contribution in [0.2, 0.25) is 0 Å². The second kappa shape index (κ2) is 3.71. The Morgan fingerprint density at radius 3 is 2.89 bits per heavy atom. The summed E-state index contributed by atoms with van der Waals surface area (Å²) >= 11 is 0. The Kier molecular flexibility index (Phi) is 3.19. The van der Waals surface area contributed by atoms with Gasteiger partial charge in [-0.1, -0.05) is 6.08 Å². The Morgan fingerprint density at radius 2 is 2.56 bits per heavy atom. The first-order valence-electron chi connectivity index (χ1n) is 2.36. The highest BCUT2D eigenvalue weighted by atomic mass is 16.6. The monoisotopic (exact) mass is 131 g/mol. The number of rotatable bonds is 3. The van der Waals surface area contributed by atoms with Crippen molar-refractivity contribution in [3.05, 3.63) is 17.9 Å². The van der Waals surface area contributed by atoms with Gasteiger partial charge in [0.1, 0.15) is 0 Å². The highest BCUT2D eigenvalue weighted by Crippen LogP contribution is 1.82. The van der Waals surface area contributed by atoms with E-state index in [1.54, 1.807) is 0 Å². The average molecular weight is 131 g/mol. The van der Waals surface area contributed by atoms with Crippen molar-refractivity contribution >= 4 is 0 Å². The van der Waals surface area contributed by atoms with Gasteiger partial charge in [0, 0.05) is 0 Å². The smallest absolute Gasteiger partial charge is 0.230 e. The highest BCUT2D eigenvalue weighted by Gasteiger charge is 1.99. The first-order chi connectivity index (χ1) is 4.22. The number of hydrazine groups is 1. The Hall–Kier alpha value is -1.26. The molecule has 0 saturated carbocycles. The van der Waals surface area contributed by atoms with Crippen molar-refractivity contribution < 1.29 is 10.2 Å². The molecule has 0 saturated heterocycles. The maximum atomic E-state index is 10.3. The highest BCUT2D eigenvalue weighted by molar-refractivity contribution is 4.66. The van der Waals surface area contributed by atoms with E-state index in [-0.39, 0.29) is 4.97 Å². The van der Waals surface area contributed by atoms with Crippen molar-refractivity contribution in [2.75, 3.05) is 13.6 Å². The van der Waals surface area contributed by atoms with Crippen molar-refractivity contribution in [2.24, 2.45) is 5.28 Å². The maximum absolute atomic E-state index is 10.3. The van der Waals surface area contributed by atoms with Gasteiger partial charge in [0.15, 0.2) is 0 Å². The SMILES string of the molecule is C=CCN(C)[N+]([O-])=NO. The van der Waals surface area contributed by atoms with Gasteiger partial charge in [0.2, 0.25) is 5.28 Å². The van der Waals surface area contributed by atoms with Crippen LogP contribution in [0.1, 0.15) is 0 Å². The Balaban J connectivity index is 3.72. The molecule has 0 amide bonds. The van der Waals surface area contributed by atoms with Crippen LogP contribution in [-0.4, -0.2) is 28.8 Å². The minimum atomic E-state index is 0.0711. The van der Waals surface area contributed by atoms with Gasteiger partial charge in [0.25, 0.3) is 0 Å². The van der Waals surface area contributed by atoms with Crippen LogP contribution < -0.4 is 0 Å². The van der Waals surface area contributed by atoms with Gasteiger partial charge >= 0.3 is 0 Å².